The van der Waals surface area contributed by atoms with E-state index < -0.39 is 11.8 Å². The maximum atomic E-state index is 12.0. The largest absolute Gasteiger partial charge is 1.00 e. The van der Waals surface area contributed by atoms with Gasteiger partial charge in [-0.2, -0.15) is 0 Å². The Bertz CT molecular complexity index is 660. The summed E-state index contributed by atoms with van der Waals surface area (Å²) in [5.41, 5.74) is 1.48. The first-order valence-electron chi connectivity index (χ1n) is 6.14. The minimum atomic E-state index is -1.75. The van der Waals surface area contributed by atoms with E-state index in [2.05, 4.69) is 10.6 Å². The third-order valence-corrected chi connectivity index (χ3v) is 3.22. The van der Waals surface area contributed by atoms with E-state index >= 15 is 0 Å². The van der Waals surface area contributed by atoms with Crippen molar-refractivity contribution in [1.82, 2.24) is 0 Å². The molecular weight excluding hydrogens is 295 g/mol. The van der Waals surface area contributed by atoms with Gasteiger partial charge >= 0.3 is 51.4 Å². The molecule has 1 atom stereocenters. The molecule has 0 spiro atoms. The van der Waals surface area contributed by atoms with Gasteiger partial charge in [0.1, 0.15) is 5.75 Å². The number of methoxy groups -OCH3 is 1. The Morgan fingerprint density at radius 2 is 1.81 bits per heavy atom. The summed E-state index contributed by atoms with van der Waals surface area (Å²) in [4.78, 5) is 12.0. The number of rotatable bonds is 2. The fourth-order valence-corrected chi connectivity index (χ4v) is 2.16. The van der Waals surface area contributed by atoms with Crippen molar-refractivity contribution in [1.29, 1.82) is 0 Å². The van der Waals surface area contributed by atoms with Gasteiger partial charge in [0.15, 0.2) is 0 Å². The zero-order chi connectivity index (χ0) is 14.2. The standard InChI is InChI=1S/C15H14N2O3.K/c1-20-11-8-6-10(7-9-11)15(19)16-13-5-3-2-4-12(13)14(18)17-15;/h2-9,19H,1H3,(H2,16,17,18);/q;+1/p-1. The number of aliphatic hydroxyl groups is 1. The third-order valence-electron chi connectivity index (χ3n) is 3.22. The molecule has 0 saturated heterocycles. The molecule has 0 radical (unpaired) electrons. The van der Waals surface area contributed by atoms with Crippen molar-refractivity contribution in [3.8, 4) is 5.75 Å². The first-order valence-corrected chi connectivity index (χ1v) is 6.14. The van der Waals surface area contributed by atoms with E-state index in [9.17, 15) is 9.90 Å². The Kier molecular flexibility index (Phi) is 5.08. The van der Waals surface area contributed by atoms with Gasteiger partial charge in [-0.25, -0.2) is 0 Å². The maximum Gasteiger partial charge on any atom is 1.00 e. The van der Waals surface area contributed by atoms with E-state index in [1.165, 1.54) is 0 Å². The fourth-order valence-electron chi connectivity index (χ4n) is 2.16. The van der Waals surface area contributed by atoms with Crippen LogP contribution in [0.2, 0.25) is 0 Å². The van der Waals surface area contributed by atoms with Gasteiger partial charge in [0.05, 0.1) is 18.9 Å². The van der Waals surface area contributed by atoms with Crippen LogP contribution in [0.1, 0.15) is 15.9 Å². The van der Waals surface area contributed by atoms with Crippen molar-refractivity contribution >= 4 is 11.6 Å². The Morgan fingerprint density at radius 1 is 1.14 bits per heavy atom. The average Bonchev–Trinajstić information content (AvgIpc) is 2.47. The summed E-state index contributed by atoms with van der Waals surface area (Å²) in [5.74, 6) is -1.53. The molecule has 0 aromatic heterocycles. The summed E-state index contributed by atoms with van der Waals surface area (Å²) < 4.78 is 5.07. The first-order chi connectivity index (χ1) is 9.62. The monoisotopic (exact) mass is 308 g/mol. The molecule has 2 N–H and O–H groups in total. The van der Waals surface area contributed by atoms with Crippen molar-refractivity contribution in [2.75, 3.05) is 12.4 Å². The van der Waals surface area contributed by atoms with Gasteiger partial charge in [0, 0.05) is 11.3 Å². The zero-order valence-corrected chi connectivity index (χ0v) is 15.0. The van der Waals surface area contributed by atoms with Crippen LogP contribution in [0.4, 0.5) is 5.69 Å². The number of nitrogens with zero attached hydrogens (tertiary/aromatic N) is 1. The van der Waals surface area contributed by atoms with Gasteiger partial charge in [0.25, 0.3) is 0 Å². The maximum absolute atomic E-state index is 12.0. The van der Waals surface area contributed by atoms with Crippen LogP contribution in [0, 0.1) is 0 Å². The van der Waals surface area contributed by atoms with Crippen LogP contribution in [0.3, 0.4) is 0 Å². The number of hydrogen-bond acceptors (Lipinski definition) is 4. The number of anilines is 1. The van der Waals surface area contributed by atoms with Crippen molar-refractivity contribution in [2.45, 2.75) is 5.85 Å². The molecule has 21 heavy (non-hydrogen) atoms. The number of hydrogen-bond donors (Lipinski definition) is 2. The Hall–Kier alpha value is -0.894. The van der Waals surface area contributed by atoms with Gasteiger partial charge in [-0.05, 0) is 23.8 Å². The summed E-state index contributed by atoms with van der Waals surface area (Å²) in [5, 5.41) is 17.3. The summed E-state index contributed by atoms with van der Waals surface area (Å²) in [6.07, 6.45) is 0. The minimum absolute atomic E-state index is 0. The molecule has 2 aromatic rings. The number of carbonyl (C=O) groups excluding carboxylic acids is 1. The van der Waals surface area contributed by atoms with Gasteiger partial charge in [-0.15, -0.1) is 0 Å². The second kappa shape index (κ2) is 6.47. The molecule has 0 fully saturated rings. The molecule has 1 unspecified atom stereocenters. The third kappa shape index (κ3) is 3.15. The Labute approximate surface area is 165 Å². The topological polar surface area (TPSA) is 72.7 Å². The van der Waals surface area contributed by atoms with Crippen LogP contribution in [0.15, 0.2) is 48.5 Å². The molecule has 6 heteroatoms. The molecule has 0 bridgehead atoms. The molecular formula is C15H13KN2O3. The van der Waals surface area contributed by atoms with Crippen LogP contribution < -0.4 is 61.4 Å². The van der Waals surface area contributed by atoms with Crippen molar-refractivity contribution in [2.24, 2.45) is 0 Å². The fraction of sp³-hybridized carbons (Fsp3) is 0.133. The van der Waals surface area contributed by atoms with Crippen LogP contribution in [-0.4, -0.2) is 18.1 Å². The molecule has 0 saturated carbocycles. The van der Waals surface area contributed by atoms with E-state index in [0.717, 1.165) is 0 Å². The number of nitrogens with one attached hydrogen (secondary N) is 1. The average molecular weight is 308 g/mol. The van der Waals surface area contributed by atoms with E-state index in [1.807, 2.05) is 0 Å². The van der Waals surface area contributed by atoms with Crippen molar-refractivity contribution in [3.63, 3.8) is 0 Å². The van der Waals surface area contributed by atoms with Crippen LogP contribution in [0.5, 0.6) is 5.75 Å². The first kappa shape index (κ1) is 16.5. The van der Waals surface area contributed by atoms with Gasteiger partial charge in [-0.3, -0.25) is 0 Å². The molecule has 1 amide bonds. The summed E-state index contributed by atoms with van der Waals surface area (Å²) in [6.45, 7) is 0. The second-order valence-corrected chi connectivity index (χ2v) is 4.49. The predicted molar refractivity (Wildman–Crippen MR) is 74.6 cm³/mol. The Morgan fingerprint density at radius 3 is 2.48 bits per heavy atom. The molecule has 1 aliphatic heterocycles. The predicted octanol–water partition coefficient (Wildman–Crippen LogP) is -0.559. The summed E-state index contributed by atoms with van der Waals surface area (Å²) in [7, 11) is 1.56. The second-order valence-electron chi connectivity index (χ2n) is 4.49. The zero-order valence-electron chi connectivity index (χ0n) is 11.8. The molecule has 2 aromatic carbocycles. The van der Waals surface area contributed by atoms with Crippen molar-refractivity contribution < 1.29 is 66.0 Å². The minimum Gasteiger partial charge on any atom is -0.601 e. The molecule has 102 valence electrons. The van der Waals surface area contributed by atoms with Gasteiger partial charge < -0.3 is 25.3 Å². The Balaban J connectivity index is 0.00000161. The summed E-state index contributed by atoms with van der Waals surface area (Å²) >= 11 is 0. The number of carbonyl (C=O) groups is 1. The molecule has 0 aliphatic carbocycles. The quantitative estimate of drug-likeness (QED) is 0.730. The SMILES string of the molecule is COc1ccc(C2(O)[N-]C(=O)c3ccccc3N2)cc1.[K+]. The van der Waals surface area contributed by atoms with E-state index in [-0.39, 0.29) is 51.4 Å². The summed E-state index contributed by atoms with van der Waals surface area (Å²) in [6, 6.07) is 13.7. The van der Waals surface area contributed by atoms with Crippen molar-refractivity contribution in [3.05, 3.63) is 65.0 Å². The molecule has 1 heterocycles. The van der Waals surface area contributed by atoms with Crippen LogP contribution >= 0.6 is 0 Å². The van der Waals surface area contributed by atoms with E-state index in [4.69, 9.17) is 4.74 Å². The number of para-hydroxylation sites is 1. The molecule has 1 aliphatic rings. The van der Waals surface area contributed by atoms with Gasteiger partial charge in [0.2, 0.25) is 0 Å². The number of fused-ring (bicyclic) bond motifs is 1. The van der Waals surface area contributed by atoms with Gasteiger partial charge in [-0.1, -0.05) is 30.3 Å². The van der Waals surface area contributed by atoms with E-state index in [0.29, 0.717) is 22.6 Å². The van der Waals surface area contributed by atoms with Crippen LogP contribution in [-0.2, 0) is 5.85 Å². The smallest absolute Gasteiger partial charge is 0.601 e. The van der Waals surface area contributed by atoms with Crippen LogP contribution in [0.25, 0.3) is 5.32 Å². The van der Waals surface area contributed by atoms with E-state index in [1.54, 1.807) is 55.6 Å². The molecule has 5 nitrogen and oxygen atoms in total. The normalized spacial score (nSPS) is 19.6. The molecule has 3 rings (SSSR count). The number of ether oxygens (including phenoxy) is 1. The number of amides is 1. The number of benzene rings is 2.